The first-order chi connectivity index (χ1) is 11.2. The third-order valence-electron chi connectivity index (χ3n) is 4.54. The molecule has 0 aromatic carbocycles. The maximum absolute atomic E-state index is 12.4. The maximum atomic E-state index is 12.4. The van der Waals surface area contributed by atoms with Gasteiger partial charge in [-0.1, -0.05) is 19.3 Å². The van der Waals surface area contributed by atoms with Crippen LogP contribution in [0.3, 0.4) is 0 Å². The summed E-state index contributed by atoms with van der Waals surface area (Å²) in [5, 5.41) is 15.3. The summed E-state index contributed by atoms with van der Waals surface area (Å²) < 4.78 is 5.75. The second kappa shape index (κ2) is 7.39. The topological polar surface area (TPSA) is 78.2 Å². The van der Waals surface area contributed by atoms with E-state index in [2.05, 4.69) is 21.3 Å². The molecule has 0 radical (unpaired) electrons. The van der Waals surface area contributed by atoms with Crippen molar-refractivity contribution >= 4 is 17.2 Å². The summed E-state index contributed by atoms with van der Waals surface area (Å²) in [6, 6.07) is 2.33. The second-order valence-corrected chi connectivity index (χ2v) is 7.19. The van der Waals surface area contributed by atoms with Crippen LogP contribution >= 0.6 is 11.3 Å². The molecule has 1 saturated heterocycles. The Balaban J connectivity index is 1.54. The van der Waals surface area contributed by atoms with Gasteiger partial charge in [-0.25, -0.2) is 4.98 Å². The Hall–Kier alpha value is -1.49. The number of aromatic nitrogens is 1. The van der Waals surface area contributed by atoms with E-state index in [1.54, 1.807) is 17.5 Å². The van der Waals surface area contributed by atoms with Gasteiger partial charge in [-0.2, -0.15) is 5.26 Å². The Morgan fingerprint density at radius 2 is 2.35 bits per heavy atom. The SMILES string of the molecule is N#CC1(NC(=O)CN2CCO[C@H](c3nccs3)C2)CCCCC1. The van der Waals surface area contributed by atoms with Crippen molar-refractivity contribution in [3.8, 4) is 6.07 Å². The van der Waals surface area contributed by atoms with Crippen molar-refractivity contribution in [1.29, 1.82) is 5.26 Å². The third-order valence-corrected chi connectivity index (χ3v) is 5.41. The van der Waals surface area contributed by atoms with Crippen LogP contribution in [-0.2, 0) is 9.53 Å². The first-order valence-corrected chi connectivity index (χ1v) is 9.04. The number of nitrogens with zero attached hydrogens (tertiary/aromatic N) is 3. The average Bonchev–Trinajstić information content (AvgIpc) is 3.10. The van der Waals surface area contributed by atoms with Gasteiger partial charge in [0, 0.05) is 24.7 Å². The zero-order chi connectivity index (χ0) is 16.1. The van der Waals surface area contributed by atoms with Gasteiger partial charge in [0.25, 0.3) is 0 Å². The van der Waals surface area contributed by atoms with Crippen molar-refractivity contribution in [2.75, 3.05) is 26.2 Å². The molecule has 1 aliphatic carbocycles. The van der Waals surface area contributed by atoms with E-state index in [9.17, 15) is 10.1 Å². The summed E-state index contributed by atoms with van der Waals surface area (Å²) in [5.41, 5.74) is -0.656. The van der Waals surface area contributed by atoms with Crippen molar-refractivity contribution < 1.29 is 9.53 Å². The number of morpholine rings is 1. The first kappa shape index (κ1) is 16.4. The number of hydrogen-bond acceptors (Lipinski definition) is 6. The molecular weight excluding hydrogens is 312 g/mol. The lowest BCUT2D eigenvalue weighted by atomic mass is 9.83. The standard InChI is InChI=1S/C16H22N4O2S/c17-12-16(4-2-1-3-5-16)19-14(21)11-20-7-8-22-13(10-20)15-18-6-9-23-15/h6,9,13H,1-5,7-8,10-11H2,(H,19,21)/t13-/m0/s1. The Morgan fingerprint density at radius 3 is 3.04 bits per heavy atom. The number of carbonyl (C=O) groups excluding carboxylic acids is 1. The van der Waals surface area contributed by atoms with Crippen LogP contribution in [0.1, 0.15) is 43.2 Å². The molecule has 3 rings (SSSR count). The van der Waals surface area contributed by atoms with Gasteiger partial charge in [0.15, 0.2) is 0 Å². The van der Waals surface area contributed by atoms with Crippen molar-refractivity contribution in [2.45, 2.75) is 43.7 Å². The fourth-order valence-electron chi connectivity index (χ4n) is 3.32. The number of hydrogen-bond donors (Lipinski definition) is 1. The lowest BCUT2D eigenvalue weighted by Gasteiger charge is -2.34. The summed E-state index contributed by atoms with van der Waals surface area (Å²) in [7, 11) is 0. The lowest BCUT2D eigenvalue weighted by molar-refractivity contribution is -0.126. The number of amides is 1. The molecule has 2 aliphatic rings. The number of carbonyl (C=O) groups is 1. The highest BCUT2D eigenvalue weighted by molar-refractivity contribution is 7.09. The molecule has 2 fully saturated rings. The number of rotatable bonds is 4. The van der Waals surface area contributed by atoms with Crippen molar-refractivity contribution in [1.82, 2.24) is 15.2 Å². The molecule has 6 nitrogen and oxygen atoms in total. The molecule has 1 saturated carbocycles. The van der Waals surface area contributed by atoms with E-state index in [-0.39, 0.29) is 12.0 Å². The maximum Gasteiger partial charge on any atom is 0.235 e. The number of nitriles is 1. The first-order valence-electron chi connectivity index (χ1n) is 8.16. The van der Waals surface area contributed by atoms with Crippen molar-refractivity contribution in [2.24, 2.45) is 0 Å². The van der Waals surface area contributed by atoms with Crippen LogP contribution in [0.2, 0.25) is 0 Å². The molecule has 1 aliphatic heterocycles. The molecule has 1 N–H and O–H groups in total. The van der Waals surface area contributed by atoms with E-state index < -0.39 is 5.54 Å². The quantitative estimate of drug-likeness (QED) is 0.909. The molecule has 2 heterocycles. The van der Waals surface area contributed by atoms with E-state index in [0.29, 0.717) is 19.7 Å². The van der Waals surface area contributed by atoms with Gasteiger partial charge in [0.05, 0.1) is 19.2 Å². The molecule has 0 bridgehead atoms. The van der Waals surface area contributed by atoms with Crippen LogP contribution < -0.4 is 5.32 Å². The van der Waals surface area contributed by atoms with Gasteiger partial charge in [-0.15, -0.1) is 11.3 Å². The average molecular weight is 334 g/mol. The predicted molar refractivity (Wildman–Crippen MR) is 86.8 cm³/mol. The van der Waals surface area contributed by atoms with Crippen LogP contribution in [0, 0.1) is 11.3 Å². The molecule has 0 unspecified atom stereocenters. The Morgan fingerprint density at radius 1 is 1.52 bits per heavy atom. The van der Waals surface area contributed by atoms with Crippen LogP contribution in [0.15, 0.2) is 11.6 Å². The number of thiazole rings is 1. The Bertz CT molecular complexity index is 563. The van der Waals surface area contributed by atoms with Crippen LogP contribution in [0.5, 0.6) is 0 Å². The van der Waals surface area contributed by atoms with Gasteiger partial charge < -0.3 is 10.1 Å². The van der Waals surface area contributed by atoms with E-state index in [1.807, 2.05) is 5.38 Å². The molecule has 0 spiro atoms. The molecule has 7 heteroatoms. The monoisotopic (exact) mass is 334 g/mol. The van der Waals surface area contributed by atoms with Gasteiger partial charge in [0.2, 0.25) is 5.91 Å². The fraction of sp³-hybridized carbons (Fsp3) is 0.688. The minimum absolute atomic E-state index is 0.0591. The highest BCUT2D eigenvalue weighted by atomic mass is 32.1. The van der Waals surface area contributed by atoms with Crippen molar-refractivity contribution in [3.63, 3.8) is 0 Å². The van der Waals surface area contributed by atoms with E-state index in [0.717, 1.165) is 43.7 Å². The minimum atomic E-state index is -0.656. The molecule has 124 valence electrons. The highest BCUT2D eigenvalue weighted by Gasteiger charge is 2.34. The summed E-state index contributed by atoms with van der Waals surface area (Å²) in [6.07, 6.45) is 6.42. The van der Waals surface area contributed by atoms with E-state index in [1.165, 1.54) is 0 Å². The van der Waals surface area contributed by atoms with Crippen LogP contribution in [0.4, 0.5) is 0 Å². The zero-order valence-corrected chi connectivity index (χ0v) is 14.0. The fourth-order valence-corrected chi connectivity index (χ4v) is 4.00. The van der Waals surface area contributed by atoms with E-state index in [4.69, 9.17) is 4.74 Å². The molecule has 23 heavy (non-hydrogen) atoms. The smallest absolute Gasteiger partial charge is 0.235 e. The summed E-state index contributed by atoms with van der Waals surface area (Å²) >= 11 is 1.58. The molecular formula is C16H22N4O2S. The molecule has 1 amide bonds. The van der Waals surface area contributed by atoms with Crippen LogP contribution in [0.25, 0.3) is 0 Å². The molecule has 1 aromatic rings. The van der Waals surface area contributed by atoms with Crippen molar-refractivity contribution in [3.05, 3.63) is 16.6 Å². The summed E-state index contributed by atoms with van der Waals surface area (Å²) in [4.78, 5) is 18.8. The Labute approximate surface area is 140 Å². The molecule has 1 aromatic heterocycles. The highest BCUT2D eigenvalue weighted by Crippen LogP contribution is 2.28. The number of ether oxygens (including phenoxy) is 1. The van der Waals surface area contributed by atoms with E-state index >= 15 is 0 Å². The summed E-state index contributed by atoms with van der Waals surface area (Å²) in [5.74, 6) is -0.0618. The number of nitrogens with one attached hydrogen (secondary N) is 1. The predicted octanol–water partition coefficient (Wildman–Crippen LogP) is 1.86. The summed E-state index contributed by atoms with van der Waals surface area (Å²) in [6.45, 7) is 2.31. The minimum Gasteiger partial charge on any atom is -0.368 e. The van der Waals surface area contributed by atoms with Gasteiger partial charge in [0.1, 0.15) is 16.7 Å². The third kappa shape index (κ3) is 4.08. The largest absolute Gasteiger partial charge is 0.368 e. The zero-order valence-electron chi connectivity index (χ0n) is 13.2. The van der Waals surface area contributed by atoms with Gasteiger partial charge >= 0.3 is 0 Å². The lowest BCUT2D eigenvalue weighted by Crippen LogP contribution is -2.52. The normalized spacial score (nSPS) is 24.7. The second-order valence-electron chi connectivity index (χ2n) is 6.27. The Kier molecular flexibility index (Phi) is 5.26. The van der Waals surface area contributed by atoms with Gasteiger partial charge in [-0.05, 0) is 12.8 Å². The molecule has 1 atom stereocenters. The van der Waals surface area contributed by atoms with Crippen LogP contribution in [-0.4, -0.2) is 47.6 Å². The van der Waals surface area contributed by atoms with Gasteiger partial charge in [-0.3, -0.25) is 9.69 Å².